The summed E-state index contributed by atoms with van der Waals surface area (Å²) in [5.41, 5.74) is -0.750. The molecule has 0 aliphatic heterocycles. The van der Waals surface area contributed by atoms with E-state index in [1.54, 1.807) is 0 Å². The van der Waals surface area contributed by atoms with Crippen molar-refractivity contribution in [2.75, 3.05) is 0 Å². The van der Waals surface area contributed by atoms with E-state index in [4.69, 9.17) is 16.7 Å². The highest BCUT2D eigenvalue weighted by atomic mass is 35.5. The first-order valence-electron chi connectivity index (χ1n) is 3.00. The quantitative estimate of drug-likeness (QED) is 0.683. The molecule has 0 fully saturated rings. The molecule has 0 atom stereocenters. The average molecular weight is 197 g/mol. The first kappa shape index (κ1) is 9.35. The lowest BCUT2D eigenvalue weighted by Gasteiger charge is -2.03. The molecular formula is C7H4ClF3O. The summed E-state index contributed by atoms with van der Waals surface area (Å²) in [6.45, 7) is -0.921. The number of aliphatic hydroxyl groups excluding tert-OH is 1. The molecule has 1 aromatic rings. The topological polar surface area (TPSA) is 20.2 Å². The van der Waals surface area contributed by atoms with E-state index in [2.05, 4.69) is 0 Å². The lowest BCUT2D eigenvalue weighted by Crippen LogP contribution is -1.99. The smallest absolute Gasteiger partial charge is 0.167 e. The van der Waals surface area contributed by atoms with E-state index in [1.165, 1.54) is 0 Å². The van der Waals surface area contributed by atoms with E-state index in [0.717, 1.165) is 0 Å². The predicted molar refractivity (Wildman–Crippen MR) is 37.2 cm³/mol. The van der Waals surface area contributed by atoms with Gasteiger partial charge in [-0.15, -0.1) is 0 Å². The fraction of sp³-hybridized carbons (Fsp3) is 0.143. The zero-order chi connectivity index (χ0) is 9.30. The molecule has 1 rings (SSSR count). The Morgan fingerprint density at radius 3 is 2.33 bits per heavy atom. The summed E-state index contributed by atoms with van der Waals surface area (Å²) in [5, 5.41) is 7.90. The van der Waals surface area contributed by atoms with E-state index < -0.39 is 34.6 Å². The van der Waals surface area contributed by atoms with Crippen LogP contribution in [0.15, 0.2) is 6.07 Å². The highest BCUT2D eigenvalue weighted by molar-refractivity contribution is 6.30. The minimum atomic E-state index is -1.40. The van der Waals surface area contributed by atoms with Crippen molar-refractivity contribution in [1.82, 2.24) is 0 Å². The molecule has 1 aromatic carbocycles. The number of hydrogen-bond acceptors (Lipinski definition) is 1. The van der Waals surface area contributed by atoms with E-state index in [1.807, 2.05) is 0 Å². The van der Waals surface area contributed by atoms with Crippen molar-refractivity contribution in [3.05, 3.63) is 34.1 Å². The van der Waals surface area contributed by atoms with Gasteiger partial charge in [0.2, 0.25) is 0 Å². The van der Waals surface area contributed by atoms with Gasteiger partial charge in [-0.3, -0.25) is 0 Å². The van der Waals surface area contributed by atoms with Gasteiger partial charge in [0, 0.05) is 0 Å². The summed E-state index contributed by atoms with van der Waals surface area (Å²) in [6.07, 6.45) is 0. The Hall–Kier alpha value is -0.740. The van der Waals surface area contributed by atoms with Gasteiger partial charge in [0.25, 0.3) is 0 Å². The van der Waals surface area contributed by atoms with Crippen molar-refractivity contribution in [2.45, 2.75) is 6.61 Å². The van der Waals surface area contributed by atoms with E-state index in [-0.39, 0.29) is 0 Å². The SMILES string of the molecule is OCc1c(F)c(F)cc(Cl)c1F. The van der Waals surface area contributed by atoms with Crippen LogP contribution >= 0.6 is 11.6 Å². The number of benzene rings is 1. The van der Waals surface area contributed by atoms with Gasteiger partial charge in [-0.25, -0.2) is 13.2 Å². The van der Waals surface area contributed by atoms with Gasteiger partial charge in [-0.1, -0.05) is 11.6 Å². The zero-order valence-corrected chi connectivity index (χ0v) is 6.50. The number of aliphatic hydroxyl groups is 1. The minimum absolute atomic E-state index is 0.519. The molecule has 0 saturated carbocycles. The lowest BCUT2D eigenvalue weighted by molar-refractivity contribution is 0.266. The first-order valence-corrected chi connectivity index (χ1v) is 3.38. The number of halogens is 4. The third-order valence-corrected chi connectivity index (χ3v) is 1.64. The average Bonchev–Trinajstić information content (AvgIpc) is 2.02. The van der Waals surface area contributed by atoms with Crippen molar-refractivity contribution in [1.29, 1.82) is 0 Å². The first-order chi connectivity index (χ1) is 5.57. The Kier molecular flexibility index (Phi) is 2.59. The zero-order valence-electron chi connectivity index (χ0n) is 5.74. The summed E-state index contributed by atoms with van der Waals surface area (Å²) in [4.78, 5) is 0. The van der Waals surface area contributed by atoms with E-state index in [0.29, 0.717) is 6.07 Å². The van der Waals surface area contributed by atoms with Gasteiger partial charge in [0.15, 0.2) is 11.6 Å². The van der Waals surface area contributed by atoms with Gasteiger partial charge < -0.3 is 5.11 Å². The predicted octanol–water partition coefficient (Wildman–Crippen LogP) is 2.25. The van der Waals surface area contributed by atoms with E-state index >= 15 is 0 Å². The summed E-state index contributed by atoms with van der Waals surface area (Å²) >= 11 is 5.18. The van der Waals surface area contributed by atoms with Crippen LogP contribution < -0.4 is 0 Å². The van der Waals surface area contributed by atoms with Crippen LogP contribution in [-0.2, 0) is 6.61 Å². The van der Waals surface area contributed by atoms with Crippen molar-refractivity contribution in [3.63, 3.8) is 0 Å². The van der Waals surface area contributed by atoms with Crippen LogP contribution in [0.1, 0.15) is 5.56 Å². The fourth-order valence-corrected chi connectivity index (χ4v) is 0.971. The maximum atomic E-state index is 12.7. The molecule has 0 aromatic heterocycles. The molecule has 0 bridgehead atoms. The second-order valence-electron chi connectivity index (χ2n) is 2.10. The summed E-state index contributed by atoms with van der Waals surface area (Å²) in [5.74, 6) is -3.80. The van der Waals surface area contributed by atoms with Crippen molar-refractivity contribution < 1.29 is 18.3 Å². The van der Waals surface area contributed by atoms with Crippen LogP contribution in [0.4, 0.5) is 13.2 Å². The van der Waals surface area contributed by atoms with Gasteiger partial charge in [0.1, 0.15) is 5.82 Å². The molecule has 0 radical (unpaired) electrons. The number of hydrogen-bond donors (Lipinski definition) is 1. The van der Waals surface area contributed by atoms with Crippen LogP contribution in [-0.4, -0.2) is 5.11 Å². The molecule has 1 nitrogen and oxygen atoms in total. The molecule has 12 heavy (non-hydrogen) atoms. The van der Waals surface area contributed by atoms with Gasteiger partial charge in [-0.05, 0) is 6.07 Å². The Labute approximate surface area is 71.4 Å². The molecule has 0 unspecified atom stereocenters. The van der Waals surface area contributed by atoms with E-state index in [9.17, 15) is 13.2 Å². The second kappa shape index (κ2) is 3.33. The molecule has 0 amide bonds. The molecule has 0 heterocycles. The Balaban J connectivity index is 3.42. The molecule has 1 N–H and O–H groups in total. The standard InChI is InChI=1S/C7H4ClF3O/c8-4-1-5(9)7(11)3(2-12)6(4)10/h1,12H,2H2. The molecular weight excluding hydrogens is 193 g/mol. The van der Waals surface area contributed by atoms with Gasteiger partial charge >= 0.3 is 0 Å². The summed E-state index contributed by atoms with van der Waals surface area (Å²) in [7, 11) is 0. The van der Waals surface area contributed by atoms with Crippen LogP contribution in [0.25, 0.3) is 0 Å². The van der Waals surface area contributed by atoms with Crippen molar-refractivity contribution in [3.8, 4) is 0 Å². The highest BCUT2D eigenvalue weighted by Gasteiger charge is 2.16. The Bertz CT molecular complexity index is 288. The molecule has 0 aliphatic carbocycles. The summed E-state index contributed by atoms with van der Waals surface area (Å²) < 4.78 is 37.8. The third kappa shape index (κ3) is 1.40. The second-order valence-corrected chi connectivity index (χ2v) is 2.51. The Morgan fingerprint density at radius 2 is 1.83 bits per heavy atom. The third-order valence-electron chi connectivity index (χ3n) is 1.36. The normalized spacial score (nSPS) is 10.4. The molecule has 5 heteroatoms. The van der Waals surface area contributed by atoms with Crippen molar-refractivity contribution in [2.24, 2.45) is 0 Å². The van der Waals surface area contributed by atoms with Gasteiger partial charge in [0.05, 0.1) is 17.2 Å². The number of rotatable bonds is 1. The highest BCUT2D eigenvalue weighted by Crippen LogP contribution is 2.23. The lowest BCUT2D eigenvalue weighted by atomic mass is 10.2. The summed E-state index contributed by atoms with van der Waals surface area (Å²) in [6, 6.07) is 0.519. The van der Waals surface area contributed by atoms with Gasteiger partial charge in [-0.2, -0.15) is 0 Å². The van der Waals surface area contributed by atoms with Crippen LogP contribution in [0.5, 0.6) is 0 Å². The Morgan fingerprint density at radius 1 is 1.25 bits per heavy atom. The molecule has 0 spiro atoms. The van der Waals surface area contributed by atoms with Crippen molar-refractivity contribution >= 4 is 11.6 Å². The largest absolute Gasteiger partial charge is 0.391 e. The maximum Gasteiger partial charge on any atom is 0.167 e. The van der Waals surface area contributed by atoms with Crippen LogP contribution in [0.2, 0.25) is 5.02 Å². The minimum Gasteiger partial charge on any atom is -0.391 e. The molecule has 0 aliphatic rings. The van der Waals surface area contributed by atoms with Crippen LogP contribution in [0.3, 0.4) is 0 Å². The molecule has 0 saturated heterocycles. The van der Waals surface area contributed by atoms with Crippen LogP contribution in [0, 0.1) is 17.5 Å². The fourth-order valence-electron chi connectivity index (χ4n) is 0.761. The maximum absolute atomic E-state index is 12.7. The molecule has 66 valence electrons. The monoisotopic (exact) mass is 196 g/mol.